The Morgan fingerprint density at radius 2 is 1.81 bits per heavy atom. The van der Waals surface area contributed by atoms with E-state index in [1.165, 1.54) is 17.5 Å². The molecule has 1 aromatic heterocycles. The van der Waals surface area contributed by atoms with Gasteiger partial charge in [-0.1, -0.05) is 29.0 Å². The van der Waals surface area contributed by atoms with Crippen LogP contribution < -0.4 is 10.9 Å². The molecule has 0 unspecified atom stereocenters. The second-order valence-electron chi connectivity index (χ2n) is 3.85. The van der Waals surface area contributed by atoms with Gasteiger partial charge in [0.1, 0.15) is 0 Å². The van der Waals surface area contributed by atoms with Crippen molar-refractivity contribution >= 4 is 39.8 Å². The highest BCUT2D eigenvalue weighted by atomic mass is 35.5. The van der Waals surface area contributed by atoms with Gasteiger partial charge in [0.05, 0.1) is 10.5 Å². The molecule has 0 radical (unpaired) electrons. The van der Waals surface area contributed by atoms with Crippen molar-refractivity contribution in [3.05, 3.63) is 62.0 Å². The lowest BCUT2D eigenvalue weighted by Gasteiger charge is -2.06. The van der Waals surface area contributed by atoms with E-state index >= 15 is 0 Å². The van der Waals surface area contributed by atoms with Crippen LogP contribution >= 0.6 is 22.9 Å². The highest BCUT2D eigenvalue weighted by molar-refractivity contribution is 7.13. The molecule has 2 amide bonds. The Hall–Kier alpha value is -2.45. The van der Waals surface area contributed by atoms with E-state index in [1.807, 2.05) is 0 Å². The van der Waals surface area contributed by atoms with E-state index in [0.29, 0.717) is 5.02 Å². The van der Waals surface area contributed by atoms with Gasteiger partial charge in [-0.05, 0) is 18.2 Å². The van der Waals surface area contributed by atoms with Crippen molar-refractivity contribution in [2.24, 2.45) is 0 Å². The average Bonchev–Trinajstić information content (AvgIpc) is 2.94. The summed E-state index contributed by atoms with van der Waals surface area (Å²) in [5.41, 5.74) is 4.74. The molecule has 0 fully saturated rings. The molecule has 9 heteroatoms. The number of hydrogen-bond donors (Lipinski definition) is 2. The van der Waals surface area contributed by atoms with Gasteiger partial charge in [-0.3, -0.25) is 30.6 Å². The Morgan fingerprint density at radius 1 is 1.14 bits per heavy atom. The fraction of sp³-hybridized carbons (Fsp3) is 0. The molecule has 0 saturated carbocycles. The predicted molar refractivity (Wildman–Crippen MR) is 77.4 cm³/mol. The monoisotopic (exact) mass is 325 g/mol. The third kappa shape index (κ3) is 3.77. The summed E-state index contributed by atoms with van der Waals surface area (Å²) in [7, 11) is 0. The smallest absolute Gasteiger partial charge is 0.267 e. The van der Waals surface area contributed by atoms with Gasteiger partial charge >= 0.3 is 5.00 Å². The van der Waals surface area contributed by atoms with E-state index in [1.54, 1.807) is 12.1 Å². The molecular weight excluding hydrogens is 318 g/mol. The molecule has 0 aliphatic heterocycles. The summed E-state index contributed by atoms with van der Waals surface area (Å²) >= 11 is 6.58. The molecule has 21 heavy (non-hydrogen) atoms. The Labute approximate surface area is 127 Å². The molecule has 108 valence electrons. The highest BCUT2D eigenvalue weighted by Crippen LogP contribution is 2.22. The number of hydrogen-bond acceptors (Lipinski definition) is 5. The molecular formula is C12H8ClN3O4S. The van der Waals surface area contributed by atoms with Crippen LogP contribution in [0.1, 0.15) is 20.7 Å². The summed E-state index contributed by atoms with van der Waals surface area (Å²) in [6, 6.07) is 7.32. The van der Waals surface area contributed by atoms with Gasteiger partial charge in [-0.25, -0.2) is 0 Å². The van der Waals surface area contributed by atoms with Crippen LogP contribution in [0.25, 0.3) is 0 Å². The number of hydrazine groups is 1. The quantitative estimate of drug-likeness (QED) is 0.668. The number of carbonyl (C=O) groups is 2. The minimum absolute atomic E-state index is 0.0955. The first-order valence-corrected chi connectivity index (χ1v) is 6.82. The molecule has 0 aliphatic carbocycles. The number of nitrogens with zero attached hydrogens (tertiary/aromatic N) is 1. The molecule has 2 aromatic rings. The maximum atomic E-state index is 11.8. The first kappa shape index (κ1) is 14.9. The van der Waals surface area contributed by atoms with E-state index in [0.717, 1.165) is 17.4 Å². The summed E-state index contributed by atoms with van der Waals surface area (Å²) in [6.07, 6.45) is 0. The van der Waals surface area contributed by atoms with E-state index in [2.05, 4.69) is 10.9 Å². The van der Waals surface area contributed by atoms with Crippen molar-refractivity contribution in [3.63, 3.8) is 0 Å². The van der Waals surface area contributed by atoms with E-state index in [-0.39, 0.29) is 16.1 Å². The van der Waals surface area contributed by atoms with Gasteiger partial charge in [0.15, 0.2) is 0 Å². The number of amides is 2. The van der Waals surface area contributed by atoms with Crippen LogP contribution in [-0.2, 0) is 0 Å². The van der Waals surface area contributed by atoms with Crippen molar-refractivity contribution in [2.75, 3.05) is 0 Å². The van der Waals surface area contributed by atoms with Gasteiger partial charge in [0.2, 0.25) is 0 Å². The summed E-state index contributed by atoms with van der Waals surface area (Å²) < 4.78 is 0. The van der Waals surface area contributed by atoms with E-state index < -0.39 is 16.7 Å². The Bertz CT molecular complexity index is 716. The van der Waals surface area contributed by atoms with Crippen LogP contribution in [0, 0.1) is 10.1 Å². The van der Waals surface area contributed by atoms with Crippen LogP contribution in [0.4, 0.5) is 5.00 Å². The lowest BCUT2D eigenvalue weighted by atomic mass is 10.2. The van der Waals surface area contributed by atoms with E-state index in [9.17, 15) is 19.7 Å². The van der Waals surface area contributed by atoms with Gasteiger partial charge < -0.3 is 0 Å². The first-order valence-electron chi connectivity index (χ1n) is 5.56. The molecule has 2 rings (SSSR count). The molecule has 1 heterocycles. The Kier molecular flexibility index (Phi) is 4.51. The summed E-state index contributed by atoms with van der Waals surface area (Å²) in [4.78, 5) is 33.4. The Balaban J connectivity index is 1.97. The molecule has 0 spiro atoms. The number of thiophene rings is 1. The fourth-order valence-electron chi connectivity index (χ4n) is 1.43. The zero-order valence-corrected chi connectivity index (χ0v) is 11.9. The van der Waals surface area contributed by atoms with Crippen molar-refractivity contribution in [2.45, 2.75) is 0 Å². The van der Waals surface area contributed by atoms with Crippen molar-refractivity contribution < 1.29 is 14.5 Å². The lowest BCUT2D eigenvalue weighted by Crippen LogP contribution is -2.41. The highest BCUT2D eigenvalue weighted by Gasteiger charge is 2.15. The molecule has 0 aliphatic rings. The second kappa shape index (κ2) is 6.33. The molecule has 2 N–H and O–H groups in total. The van der Waals surface area contributed by atoms with Crippen LogP contribution in [0.15, 0.2) is 35.7 Å². The molecule has 0 saturated heterocycles. The normalized spacial score (nSPS) is 9.95. The van der Waals surface area contributed by atoms with Crippen LogP contribution in [-0.4, -0.2) is 16.7 Å². The molecule has 7 nitrogen and oxygen atoms in total. The second-order valence-corrected chi connectivity index (χ2v) is 5.18. The number of rotatable bonds is 3. The van der Waals surface area contributed by atoms with Crippen LogP contribution in [0.2, 0.25) is 5.02 Å². The topological polar surface area (TPSA) is 101 Å². The van der Waals surface area contributed by atoms with Crippen molar-refractivity contribution in [1.82, 2.24) is 10.9 Å². The maximum Gasteiger partial charge on any atom is 0.324 e. The molecule has 1 aromatic carbocycles. The molecule has 0 bridgehead atoms. The molecule has 0 atom stereocenters. The standard InChI is InChI=1S/C12H8ClN3O4S/c13-9-3-1-2-7(4-9)11(17)14-15-12(18)8-5-10(16(19)20)21-6-8/h1-6H,(H,14,17)(H,15,18). The third-order valence-electron chi connectivity index (χ3n) is 2.40. The minimum atomic E-state index is -0.644. The van der Waals surface area contributed by atoms with Gasteiger partial charge in [-0.15, -0.1) is 0 Å². The third-order valence-corrected chi connectivity index (χ3v) is 3.52. The van der Waals surface area contributed by atoms with Gasteiger partial charge in [-0.2, -0.15) is 0 Å². The number of nitro groups is 1. The van der Waals surface area contributed by atoms with Gasteiger partial charge in [0.25, 0.3) is 11.8 Å². The maximum absolute atomic E-state index is 11.8. The fourth-order valence-corrected chi connectivity index (χ4v) is 2.32. The Morgan fingerprint density at radius 3 is 2.38 bits per heavy atom. The minimum Gasteiger partial charge on any atom is -0.267 e. The van der Waals surface area contributed by atoms with Crippen molar-refractivity contribution in [3.8, 4) is 0 Å². The zero-order valence-electron chi connectivity index (χ0n) is 10.3. The van der Waals surface area contributed by atoms with Crippen LogP contribution in [0.3, 0.4) is 0 Å². The summed E-state index contributed by atoms with van der Waals surface area (Å²) in [5.74, 6) is -1.19. The summed E-state index contributed by atoms with van der Waals surface area (Å²) in [6.45, 7) is 0. The summed E-state index contributed by atoms with van der Waals surface area (Å²) in [5, 5.41) is 12.1. The van der Waals surface area contributed by atoms with Gasteiger partial charge in [0, 0.05) is 22.0 Å². The average molecular weight is 326 g/mol. The predicted octanol–water partition coefficient (Wildman–Crippen LogP) is 2.38. The largest absolute Gasteiger partial charge is 0.324 e. The number of benzene rings is 1. The lowest BCUT2D eigenvalue weighted by molar-refractivity contribution is -0.380. The number of halogens is 1. The zero-order chi connectivity index (χ0) is 15.4. The van der Waals surface area contributed by atoms with Crippen LogP contribution in [0.5, 0.6) is 0 Å². The number of nitrogens with one attached hydrogen (secondary N) is 2. The SMILES string of the molecule is O=C(NNC(=O)c1csc([N+](=O)[O-])c1)c1cccc(Cl)c1. The number of carbonyl (C=O) groups excluding carboxylic acids is 2. The van der Waals surface area contributed by atoms with E-state index in [4.69, 9.17) is 11.6 Å². The van der Waals surface area contributed by atoms with Crippen molar-refractivity contribution in [1.29, 1.82) is 0 Å². The first-order chi connectivity index (χ1) is 9.97.